The number of nitrogens with zero attached hydrogens (tertiary/aromatic N) is 1. The maximum absolute atomic E-state index is 13.1. The van der Waals surface area contributed by atoms with Crippen molar-refractivity contribution in [2.45, 2.75) is 39.3 Å². The lowest BCUT2D eigenvalue weighted by Gasteiger charge is -2.26. The first kappa shape index (κ1) is 13.9. The fourth-order valence-corrected chi connectivity index (χ4v) is 2.04. The molecule has 1 N–H and O–H groups in total. The topological polar surface area (TPSA) is 23.5 Å². The molecule has 1 aromatic rings. The summed E-state index contributed by atoms with van der Waals surface area (Å²) in [5.41, 5.74) is 0.534. The van der Waals surface area contributed by atoms with Crippen molar-refractivity contribution >= 4 is 0 Å². The molecule has 0 heterocycles. The molecule has 0 spiro atoms. The maximum atomic E-state index is 13.1. The number of halogens is 2. The Morgan fingerprint density at radius 2 is 1.65 bits per heavy atom. The predicted molar refractivity (Wildman–Crippen MR) is 63.9 cm³/mol. The zero-order valence-corrected chi connectivity index (χ0v) is 10.5. The molecular weight excluding hydrogens is 224 g/mol. The van der Waals surface area contributed by atoms with Crippen molar-refractivity contribution in [3.8, 4) is 5.75 Å². The predicted octanol–water partition coefficient (Wildman–Crippen LogP) is 3.29. The first-order chi connectivity index (χ1) is 7.99. The van der Waals surface area contributed by atoms with Crippen molar-refractivity contribution in [2.24, 2.45) is 0 Å². The van der Waals surface area contributed by atoms with E-state index in [1.165, 1.54) is 12.1 Å². The number of benzene rings is 1. The molecule has 0 radical (unpaired) electrons. The molecule has 0 aliphatic carbocycles. The number of hydrogen-bond donors (Lipinski definition) is 1. The number of phenols is 1. The molecule has 0 bridgehead atoms. The highest BCUT2D eigenvalue weighted by Crippen LogP contribution is 2.22. The number of hydrogen-bond acceptors (Lipinski definition) is 2. The molecule has 0 saturated heterocycles. The third-order valence-corrected chi connectivity index (χ3v) is 3.07. The van der Waals surface area contributed by atoms with Crippen LogP contribution in [-0.2, 0) is 6.54 Å². The highest BCUT2D eigenvalue weighted by Gasteiger charge is 2.14. The van der Waals surface area contributed by atoms with E-state index in [4.69, 9.17) is 5.11 Å². The summed E-state index contributed by atoms with van der Waals surface area (Å²) in [5.74, 6) is -2.71. The van der Waals surface area contributed by atoms with Crippen molar-refractivity contribution in [3.63, 3.8) is 0 Å². The highest BCUT2D eigenvalue weighted by molar-refractivity contribution is 5.30. The van der Waals surface area contributed by atoms with Gasteiger partial charge in [0.05, 0.1) is 0 Å². The second-order valence-electron chi connectivity index (χ2n) is 4.29. The quantitative estimate of drug-likeness (QED) is 0.857. The van der Waals surface area contributed by atoms with Crippen molar-refractivity contribution in [1.82, 2.24) is 4.90 Å². The average molecular weight is 243 g/mol. The standard InChI is InChI=1S/C13H19F2NO/c1-4-10(5-2)16(3)8-9-6-11(14)13(17)12(15)7-9/h6-7,10,17H,4-5,8H2,1-3H3. The van der Waals surface area contributed by atoms with Gasteiger partial charge in [0.25, 0.3) is 0 Å². The zero-order chi connectivity index (χ0) is 13.0. The molecule has 0 amide bonds. The Morgan fingerprint density at radius 1 is 1.18 bits per heavy atom. The molecule has 1 aromatic carbocycles. The average Bonchev–Trinajstić information content (AvgIpc) is 2.27. The van der Waals surface area contributed by atoms with Crippen LogP contribution in [0, 0.1) is 11.6 Å². The van der Waals surface area contributed by atoms with Gasteiger partial charge >= 0.3 is 0 Å². The fourth-order valence-electron chi connectivity index (χ4n) is 2.04. The third-order valence-electron chi connectivity index (χ3n) is 3.07. The largest absolute Gasteiger partial charge is 0.503 e. The van der Waals surface area contributed by atoms with Crippen LogP contribution >= 0.6 is 0 Å². The summed E-state index contributed by atoms with van der Waals surface area (Å²) in [5, 5.41) is 9.00. The third kappa shape index (κ3) is 3.40. The minimum Gasteiger partial charge on any atom is -0.503 e. The second kappa shape index (κ2) is 5.96. The van der Waals surface area contributed by atoms with Crippen molar-refractivity contribution in [1.29, 1.82) is 0 Å². The van der Waals surface area contributed by atoms with E-state index in [0.29, 0.717) is 18.2 Å². The van der Waals surface area contributed by atoms with Crippen LogP contribution in [0.15, 0.2) is 12.1 Å². The van der Waals surface area contributed by atoms with Crippen molar-refractivity contribution in [2.75, 3.05) is 7.05 Å². The van der Waals surface area contributed by atoms with Crippen molar-refractivity contribution in [3.05, 3.63) is 29.3 Å². The smallest absolute Gasteiger partial charge is 0.187 e. The van der Waals surface area contributed by atoms with Crippen LogP contribution in [0.25, 0.3) is 0 Å². The first-order valence-electron chi connectivity index (χ1n) is 5.86. The summed E-state index contributed by atoms with van der Waals surface area (Å²) in [6.07, 6.45) is 1.99. The molecule has 0 atom stereocenters. The van der Waals surface area contributed by atoms with Gasteiger partial charge in [0.15, 0.2) is 17.4 Å². The van der Waals surface area contributed by atoms with Crippen LogP contribution in [0.1, 0.15) is 32.3 Å². The van der Waals surface area contributed by atoms with Gasteiger partial charge in [-0.05, 0) is 37.6 Å². The maximum Gasteiger partial charge on any atom is 0.187 e. The molecule has 0 unspecified atom stereocenters. The number of rotatable bonds is 5. The summed E-state index contributed by atoms with van der Waals surface area (Å²) < 4.78 is 26.3. The van der Waals surface area contributed by atoms with Crippen molar-refractivity contribution < 1.29 is 13.9 Å². The lowest BCUT2D eigenvalue weighted by atomic mass is 10.1. The number of aromatic hydroxyl groups is 1. The normalized spacial score (nSPS) is 11.5. The van der Waals surface area contributed by atoms with E-state index in [2.05, 4.69) is 18.7 Å². The first-order valence-corrected chi connectivity index (χ1v) is 5.86. The van der Waals surface area contributed by atoms with Crippen LogP contribution in [0.4, 0.5) is 8.78 Å². The van der Waals surface area contributed by atoms with E-state index < -0.39 is 17.4 Å². The van der Waals surface area contributed by atoms with Gasteiger partial charge in [0.2, 0.25) is 0 Å². The summed E-state index contributed by atoms with van der Waals surface area (Å²) in [6, 6.07) is 2.75. The SMILES string of the molecule is CCC(CC)N(C)Cc1cc(F)c(O)c(F)c1. The molecular formula is C13H19F2NO. The van der Waals surface area contributed by atoms with Gasteiger partial charge in [-0.25, -0.2) is 8.78 Å². The minimum atomic E-state index is -0.905. The van der Waals surface area contributed by atoms with Gasteiger partial charge in [0.1, 0.15) is 0 Å². The summed E-state index contributed by atoms with van der Waals surface area (Å²) in [6.45, 7) is 4.64. The Bertz CT molecular complexity index is 355. The van der Waals surface area contributed by atoms with Gasteiger partial charge in [-0.3, -0.25) is 4.90 Å². The Morgan fingerprint density at radius 3 is 2.06 bits per heavy atom. The molecule has 2 nitrogen and oxygen atoms in total. The minimum absolute atomic E-state index is 0.398. The molecule has 0 aliphatic heterocycles. The number of phenolic OH excluding ortho intramolecular Hbond substituents is 1. The van der Waals surface area contributed by atoms with E-state index >= 15 is 0 Å². The second-order valence-corrected chi connectivity index (χ2v) is 4.29. The lowest BCUT2D eigenvalue weighted by Crippen LogP contribution is -2.30. The van der Waals surface area contributed by atoms with Crippen LogP contribution in [-0.4, -0.2) is 23.1 Å². The van der Waals surface area contributed by atoms with Crippen LogP contribution < -0.4 is 0 Å². The molecule has 96 valence electrons. The van der Waals surface area contributed by atoms with Gasteiger partial charge in [-0.2, -0.15) is 0 Å². The van der Waals surface area contributed by atoms with Crippen LogP contribution in [0.5, 0.6) is 5.75 Å². The van der Waals surface area contributed by atoms with E-state index in [0.717, 1.165) is 12.8 Å². The van der Waals surface area contributed by atoms with Gasteiger partial charge in [-0.15, -0.1) is 0 Å². The highest BCUT2D eigenvalue weighted by atomic mass is 19.1. The summed E-state index contributed by atoms with van der Waals surface area (Å²) >= 11 is 0. The fraction of sp³-hybridized carbons (Fsp3) is 0.538. The van der Waals surface area contributed by atoms with E-state index in [1.807, 2.05) is 7.05 Å². The molecule has 17 heavy (non-hydrogen) atoms. The Kier molecular flexibility index (Phi) is 4.87. The van der Waals surface area contributed by atoms with Gasteiger partial charge in [-0.1, -0.05) is 13.8 Å². The van der Waals surface area contributed by atoms with Gasteiger partial charge in [0, 0.05) is 12.6 Å². The van der Waals surface area contributed by atoms with Crippen LogP contribution in [0.2, 0.25) is 0 Å². The van der Waals surface area contributed by atoms with E-state index in [1.54, 1.807) is 0 Å². The molecule has 4 heteroatoms. The molecule has 0 aromatic heterocycles. The Labute approximate surface area is 101 Å². The van der Waals surface area contributed by atoms with Crippen LogP contribution in [0.3, 0.4) is 0 Å². The molecule has 1 rings (SSSR count). The van der Waals surface area contributed by atoms with E-state index in [-0.39, 0.29) is 0 Å². The summed E-state index contributed by atoms with van der Waals surface area (Å²) in [7, 11) is 1.93. The van der Waals surface area contributed by atoms with Gasteiger partial charge < -0.3 is 5.11 Å². The summed E-state index contributed by atoms with van der Waals surface area (Å²) in [4.78, 5) is 2.06. The molecule has 0 fully saturated rings. The van der Waals surface area contributed by atoms with E-state index in [9.17, 15) is 8.78 Å². The molecule has 0 saturated carbocycles. The Hall–Kier alpha value is -1.16. The molecule has 0 aliphatic rings. The zero-order valence-electron chi connectivity index (χ0n) is 10.5. The Balaban J connectivity index is 2.81. The monoisotopic (exact) mass is 243 g/mol. The lowest BCUT2D eigenvalue weighted by molar-refractivity contribution is 0.221.